The largest absolute Gasteiger partial charge is 0.452 e. The van der Waals surface area contributed by atoms with E-state index in [1.807, 2.05) is 13.8 Å². The minimum Gasteiger partial charge on any atom is -0.452 e. The fourth-order valence-corrected chi connectivity index (χ4v) is 4.62. The van der Waals surface area contributed by atoms with Crippen LogP contribution in [0.25, 0.3) is 0 Å². The second-order valence-electron chi connectivity index (χ2n) is 4.90. The van der Waals surface area contributed by atoms with Crippen LogP contribution >= 0.6 is 15.9 Å². The van der Waals surface area contributed by atoms with Gasteiger partial charge in [0.1, 0.15) is 10.7 Å². The van der Waals surface area contributed by atoms with E-state index >= 15 is 0 Å². The van der Waals surface area contributed by atoms with E-state index in [-0.39, 0.29) is 15.7 Å². The zero-order chi connectivity index (χ0) is 15.5. The van der Waals surface area contributed by atoms with Gasteiger partial charge in [0.15, 0.2) is 4.67 Å². The van der Waals surface area contributed by atoms with Crippen molar-refractivity contribution in [2.45, 2.75) is 37.8 Å². The van der Waals surface area contributed by atoms with Crippen LogP contribution in [0.5, 0.6) is 0 Å². The SMILES string of the molecule is CCNCc1cc(S(=O)(=O)N2CCOC(CC)C2)c(Br)o1. The third-order valence-electron chi connectivity index (χ3n) is 3.43. The second kappa shape index (κ2) is 7.23. The summed E-state index contributed by atoms with van der Waals surface area (Å²) in [7, 11) is -3.55. The van der Waals surface area contributed by atoms with Gasteiger partial charge in [0.25, 0.3) is 0 Å². The minimum atomic E-state index is -3.55. The monoisotopic (exact) mass is 380 g/mol. The number of hydrogen-bond donors (Lipinski definition) is 1. The second-order valence-corrected chi connectivity index (χ2v) is 7.52. The summed E-state index contributed by atoms with van der Waals surface area (Å²) >= 11 is 3.21. The van der Waals surface area contributed by atoms with Gasteiger partial charge in [0.2, 0.25) is 10.0 Å². The van der Waals surface area contributed by atoms with Gasteiger partial charge in [-0.3, -0.25) is 0 Å². The number of rotatable bonds is 6. The summed E-state index contributed by atoms with van der Waals surface area (Å²) in [6.45, 7) is 6.46. The summed E-state index contributed by atoms with van der Waals surface area (Å²) in [6, 6.07) is 1.58. The van der Waals surface area contributed by atoms with Crippen molar-refractivity contribution < 1.29 is 17.6 Å². The number of sulfonamides is 1. The van der Waals surface area contributed by atoms with E-state index in [9.17, 15) is 8.42 Å². The Kier molecular flexibility index (Phi) is 5.84. The zero-order valence-electron chi connectivity index (χ0n) is 12.3. The van der Waals surface area contributed by atoms with E-state index in [1.54, 1.807) is 6.07 Å². The molecule has 1 fully saturated rings. The summed E-state index contributed by atoms with van der Waals surface area (Å²) in [5.74, 6) is 0.600. The van der Waals surface area contributed by atoms with E-state index in [0.29, 0.717) is 32.0 Å². The van der Waals surface area contributed by atoms with Gasteiger partial charge in [-0.25, -0.2) is 8.42 Å². The summed E-state index contributed by atoms with van der Waals surface area (Å²) < 4.78 is 38.2. The lowest BCUT2D eigenvalue weighted by Gasteiger charge is -2.31. The van der Waals surface area contributed by atoms with Crippen molar-refractivity contribution in [2.24, 2.45) is 0 Å². The first-order valence-electron chi connectivity index (χ1n) is 7.09. The van der Waals surface area contributed by atoms with Crippen LogP contribution in [0, 0.1) is 0 Å². The predicted molar refractivity (Wildman–Crippen MR) is 82.6 cm³/mol. The lowest BCUT2D eigenvalue weighted by Crippen LogP contribution is -2.45. The van der Waals surface area contributed by atoms with Crippen LogP contribution in [0.2, 0.25) is 0 Å². The minimum absolute atomic E-state index is 0.0413. The topological polar surface area (TPSA) is 71.8 Å². The molecule has 1 unspecified atom stereocenters. The van der Waals surface area contributed by atoms with Crippen molar-refractivity contribution in [2.75, 3.05) is 26.2 Å². The van der Waals surface area contributed by atoms with Crippen LogP contribution in [-0.4, -0.2) is 45.1 Å². The van der Waals surface area contributed by atoms with Crippen LogP contribution in [0.15, 0.2) is 20.0 Å². The molecule has 2 heterocycles. The normalized spacial score (nSPS) is 20.8. The Bertz CT molecular complexity index is 573. The molecule has 0 amide bonds. The summed E-state index contributed by atoms with van der Waals surface area (Å²) in [5, 5.41) is 3.11. The van der Waals surface area contributed by atoms with Crippen LogP contribution in [0.1, 0.15) is 26.0 Å². The molecule has 6 nitrogen and oxygen atoms in total. The highest BCUT2D eigenvalue weighted by atomic mass is 79.9. The van der Waals surface area contributed by atoms with Crippen LogP contribution < -0.4 is 5.32 Å². The Morgan fingerprint density at radius 3 is 2.90 bits per heavy atom. The molecule has 8 heteroatoms. The van der Waals surface area contributed by atoms with Gasteiger partial charge in [-0.2, -0.15) is 4.31 Å². The van der Waals surface area contributed by atoms with Crippen molar-refractivity contribution >= 4 is 26.0 Å². The highest BCUT2D eigenvalue weighted by molar-refractivity contribution is 9.10. The van der Waals surface area contributed by atoms with Crippen molar-refractivity contribution in [1.29, 1.82) is 0 Å². The first-order valence-corrected chi connectivity index (χ1v) is 9.33. The average Bonchev–Trinajstić information content (AvgIpc) is 2.87. The molecule has 0 saturated carbocycles. The number of nitrogens with one attached hydrogen (secondary N) is 1. The zero-order valence-corrected chi connectivity index (χ0v) is 14.7. The molecule has 1 aromatic heterocycles. The van der Waals surface area contributed by atoms with Gasteiger partial charge in [-0.1, -0.05) is 13.8 Å². The molecule has 1 saturated heterocycles. The van der Waals surface area contributed by atoms with Gasteiger partial charge < -0.3 is 14.5 Å². The van der Waals surface area contributed by atoms with Crippen LogP contribution in [0.4, 0.5) is 0 Å². The Balaban J connectivity index is 2.20. The van der Waals surface area contributed by atoms with Gasteiger partial charge in [0, 0.05) is 19.2 Å². The Labute approximate surface area is 134 Å². The molecule has 0 radical (unpaired) electrons. The molecule has 0 spiro atoms. The molecule has 1 aliphatic rings. The quantitative estimate of drug-likeness (QED) is 0.816. The molecule has 1 atom stereocenters. The van der Waals surface area contributed by atoms with E-state index in [4.69, 9.17) is 9.15 Å². The highest BCUT2D eigenvalue weighted by Crippen LogP contribution is 2.29. The van der Waals surface area contributed by atoms with Gasteiger partial charge in [0.05, 0.1) is 19.3 Å². The fraction of sp³-hybridized carbons (Fsp3) is 0.692. The molecule has 0 bridgehead atoms. The van der Waals surface area contributed by atoms with Crippen molar-refractivity contribution in [3.05, 3.63) is 16.5 Å². The Morgan fingerprint density at radius 2 is 2.24 bits per heavy atom. The fourth-order valence-electron chi connectivity index (χ4n) is 2.21. The number of hydrogen-bond acceptors (Lipinski definition) is 5. The number of halogens is 1. The molecule has 21 heavy (non-hydrogen) atoms. The van der Waals surface area contributed by atoms with E-state index < -0.39 is 10.0 Å². The summed E-state index contributed by atoms with van der Waals surface area (Å²) in [5.41, 5.74) is 0. The molecule has 1 aliphatic heterocycles. The van der Waals surface area contributed by atoms with Gasteiger partial charge in [-0.15, -0.1) is 0 Å². The van der Waals surface area contributed by atoms with Crippen molar-refractivity contribution in [3.8, 4) is 0 Å². The van der Waals surface area contributed by atoms with E-state index in [1.165, 1.54) is 4.31 Å². The first-order chi connectivity index (χ1) is 9.98. The van der Waals surface area contributed by atoms with E-state index in [0.717, 1.165) is 13.0 Å². The van der Waals surface area contributed by atoms with Crippen molar-refractivity contribution in [3.63, 3.8) is 0 Å². The van der Waals surface area contributed by atoms with Gasteiger partial charge in [-0.05, 0) is 28.9 Å². The van der Waals surface area contributed by atoms with E-state index in [2.05, 4.69) is 21.2 Å². The third-order valence-corrected chi connectivity index (χ3v) is 6.15. The Morgan fingerprint density at radius 1 is 1.48 bits per heavy atom. The molecular formula is C13H21BrN2O4S. The number of nitrogens with zero attached hydrogens (tertiary/aromatic N) is 1. The molecule has 0 aromatic carbocycles. The first kappa shape index (κ1) is 17.0. The highest BCUT2D eigenvalue weighted by Gasteiger charge is 2.33. The molecule has 2 rings (SSSR count). The predicted octanol–water partition coefficient (Wildman–Crippen LogP) is 1.95. The maximum absolute atomic E-state index is 12.7. The molecule has 0 aliphatic carbocycles. The molecule has 1 aromatic rings. The van der Waals surface area contributed by atoms with Crippen molar-refractivity contribution in [1.82, 2.24) is 9.62 Å². The molecule has 1 N–H and O–H groups in total. The average molecular weight is 381 g/mol. The Hall–Kier alpha value is -0.410. The number of morpholine rings is 1. The van der Waals surface area contributed by atoms with Crippen LogP contribution in [0.3, 0.4) is 0 Å². The molecule has 120 valence electrons. The maximum Gasteiger partial charge on any atom is 0.247 e. The maximum atomic E-state index is 12.7. The van der Waals surface area contributed by atoms with Crippen LogP contribution in [-0.2, 0) is 21.3 Å². The molecular weight excluding hydrogens is 360 g/mol. The lowest BCUT2D eigenvalue weighted by molar-refractivity contribution is -0.00280. The van der Waals surface area contributed by atoms with Gasteiger partial charge >= 0.3 is 0 Å². The number of furan rings is 1. The standard InChI is InChI=1S/C13H21BrN2O4S/c1-3-10-9-16(5-6-19-10)21(17,18)12-7-11(8-15-4-2)20-13(12)14/h7,10,15H,3-6,8-9H2,1-2H3. The summed E-state index contributed by atoms with van der Waals surface area (Å²) in [6.07, 6.45) is 0.755. The number of ether oxygens (including phenoxy) is 1. The third kappa shape index (κ3) is 3.87. The summed E-state index contributed by atoms with van der Waals surface area (Å²) in [4.78, 5) is 0.187. The smallest absolute Gasteiger partial charge is 0.247 e. The lowest BCUT2D eigenvalue weighted by atomic mass is 10.2.